The Morgan fingerprint density at radius 1 is 0.846 bits per heavy atom. The van der Waals surface area contributed by atoms with Gasteiger partial charge in [-0.3, -0.25) is 14.2 Å². The van der Waals surface area contributed by atoms with Crippen LogP contribution in [0.25, 0.3) is 22.3 Å². The molecule has 0 saturated carbocycles. The Morgan fingerprint density at radius 3 is 2.13 bits per heavy atom. The number of nitrogens with zero attached hydrogens (tertiary/aromatic N) is 6. The minimum absolute atomic E-state index is 0.0584. The van der Waals surface area contributed by atoms with Crippen LogP contribution in [-0.4, -0.2) is 63.6 Å². The second kappa shape index (κ2) is 11.1. The van der Waals surface area contributed by atoms with Crippen molar-refractivity contribution < 1.29 is 4.79 Å². The molecule has 2 aromatic carbocycles. The van der Waals surface area contributed by atoms with E-state index in [9.17, 15) is 4.79 Å². The van der Waals surface area contributed by atoms with Gasteiger partial charge in [0.15, 0.2) is 0 Å². The van der Waals surface area contributed by atoms with Gasteiger partial charge in [0.05, 0.1) is 18.4 Å². The Kier molecular flexibility index (Phi) is 7.57. The molecule has 1 aliphatic rings. The average Bonchev–Trinajstić information content (AvgIpc) is 3.59. The number of piperazine rings is 1. The van der Waals surface area contributed by atoms with Crippen LogP contribution in [-0.2, 0) is 7.05 Å². The zero-order chi connectivity index (χ0) is 27.7. The van der Waals surface area contributed by atoms with E-state index in [1.54, 1.807) is 4.68 Å². The first-order valence-electron chi connectivity index (χ1n) is 13.7. The number of benzene rings is 2. The van der Waals surface area contributed by atoms with Crippen LogP contribution in [0.5, 0.6) is 0 Å². The highest BCUT2D eigenvalue weighted by Gasteiger charge is 2.20. The number of likely N-dealkylation sites (N-methyl/N-ethyl adjacent to an activating group) is 1. The second-order valence-corrected chi connectivity index (χ2v) is 11.0. The summed E-state index contributed by atoms with van der Waals surface area (Å²) in [5.74, 6) is -0.0584. The van der Waals surface area contributed by atoms with E-state index in [4.69, 9.17) is 0 Å². The van der Waals surface area contributed by atoms with E-state index in [1.165, 1.54) is 0 Å². The first-order valence-corrected chi connectivity index (χ1v) is 13.7. The molecule has 8 nitrogen and oxygen atoms in total. The zero-order valence-corrected chi connectivity index (χ0v) is 23.8. The molecule has 5 rings (SSSR count). The Hall–Kier alpha value is -3.91. The number of carbonyl (C=O) groups is 1. The molecule has 0 aliphatic carbocycles. The van der Waals surface area contributed by atoms with Gasteiger partial charge in [-0.15, -0.1) is 0 Å². The summed E-state index contributed by atoms with van der Waals surface area (Å²) < 4.78 is 3.77. The van der Waals surface area contributed by atoms with Gasteiger partial charge in [0.25, 0.3) is 5.91 Å². The molecule has 204 valence electrons. The normalized spacial score (nSPS) is 15.1. The maximum atomic E-state index is 13.6. The number of hydrogen-bond donors (Lipinski definition) is 1. The number of amides is 1. The SMILES string of the molecule is Cc1ccc(N2CCN(C)CC2)cc1C(=O)N[C@H](C)c1cc(-c2cnn(C)c2)cc(-c2cnn(C(C)C)c2)c1. The van der Waals surface area contributed by atoms with Crippen molar-refractivity contribution in [3.8, 4) is 22.3 Å². The number of hydrogen-bond acceptors (Lipinski definition) is 5. The number of aromatic nitrogens is 4. The van der Waals surface area contributed by atoms with Crippen molar-refractivity contribution in [2.75, 3.05) is 38.1 Å². The van der Waals surface area contributed by atoms with E-state index >= 15 is 0 Å². The van der Waals surface area contributed by atoms with Gasteiger partial charge >= 0.3 is 0 Å². The lowest BCUT2D eigenvalue weighted by molar-refractivity contribution is 0.0939. The molecule has 1 amide bonds. The molecule has 8 heteroatoms. The number of nitrogens with one attached hydrogen (secondary N) is 1. The first-order chi connectivity index (χ1) is 18.7. The number of carbonyl (C=O) groups excluding carboxylic acids is 1. The molecule has 0 bridgehead atoms. The fourth-order valence-corrected chi connectivity index (χ4v) is 5.05. The molecule has 4 aromatic rings. The minimum atomic E-state index is -0.195. The van der Waals surface area contributed by atoms with Gasteiger partial charge in [-0.05, 0) is 87.3 Å². The summed E-state index contributed by atoms with van der Waals surface area (Å²) in [6.07, 6.45) is 7.86. The van der Waals surface area contributed by atoms with Crippen molar-refractivity contribution in [3.63, 3.8) is 0 Å². The summed E-state index contributed by atoms with van der Waals surface area (Å²) in [5.41, 5.74) is 8.04. The van der Waals surface area contributed by atoms with Crippen LogP contribution in [0.4, 0.5) is 5.69 Å². The predicted octanol–water partition coefficient (Wildman–Crippen LogP) is 5.08. The van der Waals surface area contributed by atoms with Crippen molar-refractivity contribution in [2.45, 2.75) is 39.8 Å². The lowest BCUT2D eigenvalue weighted by atomic mass is 9.96. The Morgan fingerprint density at radius 2 is 1.51 bits per heavy atom. The maximum absolute atomic E-state index is 13.6. The number of rotatable bonds is 7. The molecule has 1 N–H and O–H groups in total. The fourth-order valence-electron chi connectivity index (χ4n) is 5.05. The van der Waals surface area contributed by atoms with Crippen LogP contribution in [0, 0.1) is 6.92 Å². The predicted molar refractivity (Wildman–Crippen MR) is 157 cm³/mol. The third-order valence-electron chi connectivity index (χ3n) is 7.64. The maximum Gasteiger partial charge on any atom is 0.252 e. The van der Waals surface area contributed by atoms with E-state index in [0.29, 0.717) is 0 Å². The van der Waals surface area contributed by atoms with Crippen LogP contribution < -0.4 is 10.2 Å². The molecular formula is C31H39N7O. The molecule has 1 aliphatic heterocycles. The molecule has 0 spiro atoms. The molecule has 0 unspecified atom stereocenters. The molecule has 3 heterocycles. The highest BCUT2D eigenvalue weighted by atomic mass is 16.1. The highest BCUT2D eigenvalue weighted by Crippen LogP contribution is 2.31. The van der Waals surface area contributed by atoms with Gasteiger partial charge < -0.3 is 15.1 Å². The molecule has 39 heavy (non-hydrogen) atoms. The number of aryl methyl sites for hydroxylation is 2. The smallest absolute Gasteiger partial charge is 0.252 e. The monoisotopic (exact) mass is 525 g/mol. The Balaban J connectivity index is 1.43. The van der Waals surface area contributed by atoms with Gasteiger partial charge in [0.2, 0.25) is 0 Å². The fraction of sp³-hybridized carbons (Fsp3) is 0.387. The van der Waals surface area contributed by atoms with E-state index < -0.39 is 0 Å². The summed E-state index contributed by atoms with van der Waals surface area (Å²) in [5, 5.41) is 12.2. The summed E-state index contributed by atoms with van der Waals surface area (Å²) in [6, 6.07) is 12.8. The van der Waals surface area contributed by atoms with Crippen LogP contribution in [0.1, 0.15) is 54.3 Å². The van der Waals surface area contributed by atoms with Gasteiger partial charge in [0.1, 0.15) is 0 Å². The lowest BCUT2D eigenvalue weighted by Crippen LogP contribution is -2.44. The largest absolute Gasteiger partial charge is 0.369 e. The molecular weight excluding hydrogens is 486 g/mol. The summed E-state index contributed by atoms with van der Waals surface area (Å²) in [7, 11) is 4.07. The second-order valence-electron chi connectivity index (χ2n) is 11.0. The van der Waals surface area contributed by atoms with Gasteiger partial charge in [-0.1, -0.05) is 6.07 Å². The number of anilines is 1. The summed E-state index contributed by atoms with van der Waals surface area (Å²) >= 11 is 0. The van der Waals surface area contributed by atoms with E-state index in [2.05, 4.69) is 82.7 Å². The van der Waals surface area contributed by atoms with E-state index in [0.717, 1.165) is 70.8 Å². The van der Waals surface area contributed by atoms with Gasteiger partial charge in [0, 0.05) is 74.0 Å². The summed E-state index contributed by atoms with van der Waals surface area (Å²) in [6.45, 7) is 12.3. The molecule has 2 aromatic heterocycles. The van der Waals surface area contributed by atoms with E-state index in [1.807, 2.05) is 50.2 Å². The first kappa shape index (κ1) is 26.7. The zero-order valence-electron chi connectivity index (χ0n) is 23.8. The summed E-state index contributed by atoms with van der Waals surface area (Å²) in [4.78, 5) is 18.3. The van der Waals surface area contributed by atoms with Gasteiger partial charge in [-0.25, -0.2) is 0 Å². The standard InChI is InChI=1S/C31H39N7O/c1-21(2)38-20-28(18-33-38)26-14-24(13-25(15-26)27-17-32-36(6)19-27)23(4)34-31(39)30-16-29(8-7-22(30)3)37-11-9-35(5)10-12-37/h7-8,13-21,23H,9-12H2,1-6H3,(H,34,39)/t23-/m1/s1. The Bertz CT molecular complexity index is 1460. The molecule has 1 fully saturated rings. The average molecular weight is 526 g/mol. The lowest BCUT2D eigenvalue weighted by Gasteiger charge is -2.34. The third kappa shape index (κ3) is 5.91. The van der Waals surface area contributed by atoms with Crippen molar-refractivity contribution in [3.05, 3.63) is 77.9 Å². The van der Waals surface area contributed by atoms with Crippen molar-refractivity contribution in [1.29, 1.82) is 0 Å². The van der Waals surface area contributed by atoms with Crippen molar-refractivity contribution in [1.82, 2.24) is 29.8 Å². The van der Waals surface area contributed by atoms with Crippen LogP contribution in [0.2, 0.25) is 0 Å². The van der Waals surface area contributed by atoms with E-state index in [-0.39, 0.29) is 18.0 Å². The Labute approximate surface area is 231 Å². The highest BCUT2D eigenvalue weighted by molar-refractivity contribution is 5.97. The van der Waals surface area contributed by atoms with Crippen molar-refractivity contribution in [2.24, 2.45) is 7.05 Å². The molecule has 0 radical (unpaired) electrons. The van der Waals surface area contributed by atoms with Crippen molar-refractivity contribution >= 4 is 11.6 Å². The van der Waals surface area contributed by atoms with Gasteiger partial charge in [-0.2, -0.15) is 10.2 Å². The van der Waals surface area contributed by atoms with Crippen LogP contribution in [0.15, 0.2) is 61.2 Å². The third-order valence-corrected chi connectivity index (χ3v) is 7.64. The minimum Gasteiger partial charge on any atom is -0.369 e. The topological polar surface area (TPSA) is 71.2 Å². The van der Waals surface area contributed by atoms with Crippen LogP contribution >= 0.6 is 0 Å². The molecule has 1 atom stereocenters. The van der Waals surface area contributed by atoms with Crippen LogP contribution in [0.3, 0.4) is 0 Å². The molecule has 1 saturated heterocycles. The quantitative estimate of drug-likeness (QED) is 0.364.